The van der Waals surface area contributed by atoms with Gasteiger partial charge in [-0.2, -0.15) is 0 Å². The molecule has 1 unspecified atom stereocenters. The molecule has 4 heteroatoms. The van der Waals surface area contributed by atoms with Crippen molar-refractivity contribution in [2.75, 3.05) is 6.61 Å². The molecule has 0 aliphatic carbocycles. The summed E-state index contributed by atoms with van der Waals surface area (Å²) in [4.78, 5) is 12.1. The van der Waals surface area contributed by atoms with Gasteiger partial charge in [-0.15, -0.1) is 0 Å². The molecule has 0 aromatic heterocycles. The average molecular weight is 270 g/mol. The first-order valence-corrected chi connectivity index (χ1v) is 10.4. The van der Waals surface area contributed by atoms with E-state index in [0.29, 0.717) is 12.2 Å². The lowest BCUT2D eigenvalue weighted by Crippen LogP contribution is -2.58. The number of carbonyl (C=O) groups is 1. The number of rotatable bonds is 4. The summed E-state index contributed by atoms with van der Waals surface area (Å²) in [5.41, 5.74) is 0.0508. The fourth-order valence-electron chi connectivity index (χ4n) is 2.21. The Hall–Kier alpha value is -0.613. The predicted octanol–water partition coefficient (Wildman–Crippen LogP) is 3.66. The van der Waals surface area contributed by atoms with Crippen molar-refractivity contribution in [3.05, 3.63) is 11.6 Å². The number of esters is 1. The molecular formula is C14H26O3Si. The molecule has 104 valence electrons. The van der Waals surface area contributed by atoms with E-state index in [-0.39, 0.29) is 5.97 Å². The van der Waals surface area contributed by atoms with E-state index in [1.54, 1.807) is 0 Å². The van der Waals surface area contributed by atoms with Gasteiger partial charge in [0.15, 0.2) is 5.41 Å². The van der Waals surface area contributed by atoms with Crippen LogP contribution in [0.2, 0.25) is 19.6 Å². The summed E-state index contributed by atoms with van der Waals surface area (Å²) in [6.45, 7) is 11.1. The Bertz CT molecular complexity index is 322. The lowest BCUT2D eigenvalue weighted by molar-refractivity contribution is -0.207. The zero-order valence-corrected chi connectivity index (χ0v) is 13.3. The zero-order valence-electron chi connectivity index (χ0n) is 12.3. The first kappa shape index (κ1) is 15.4. The van der Waals surface area contributed by atoms with Crippen LogP contribution < -0.4 is 0 Å². The van der Waals surface area contributed by atoms with E-state index < -0.39 is 13.5 Å². The van der Waals surface area contributed by atoms with Crippen LogP contribution >= 0.6 is 0 Å². The van der Waals surface area contributed by atoms with Gasteiger partial charge in [-0.1, -0.05) is 32.6 Å². The van der Waals surface area contributed by atoms with Gasteiger partial charge in [0.1, 0.15) is 8.07 Å². The van der Waals surface area contributed by atoms with Crippen molar-refractivity contribution in [2.24, 2.45) is 0 Å². The molecule has 0 radical (unpaired) electrons. The van der Waals surface area contributed by atoms with E-state index >= 15 is 0 Å². The maximum atomic E-state index is 12.1. The second kappa shape index (κ2) is 6.02. The van der Waals surface area contributed by atoms with Crippen molar-refractivity contribution in [3.63, 3.8) is 0 Å². The van der Waals surface area contributed by atoms with Gasteiger partial charge in [-0.05, 0) is 26.2 Å². The molecule has 0 saturated carbocycles. The van der Waals surface area contributed by atoms with Crippen LogP contribution in [0.25, 0.3) is 0 Å². The molecule has 1 fully saturated rings. The van der Waals surface area contributed by atoms with Crippen molar-refractivity contribution in [1.82, 2.24) is 0 Å². The van der Waals surface area contributed by atoms with Crippen LogP contribution in [0.3, 0.4) is 0 Å². The summed E-state index contributed by atoms with van der Waals surface area (Å²) >= 11 is 0. The Kier molecular flexibility index (Phi) is 5.17. The van der Waals surface area contributed by atoms with Crippen molar-refractivity contribution in [1.29, 1.82) is 0 Å². The molecular weight excluding hydrogens is 244 g/mol. The molecule has 18 heavy (non-hydrogen) atoms. The van der Waals surface area contributed by atoms with Gasteiger partial charge < -0.3 is 9.47 Å². The standard InChI is InChI=1S/C14H26O3Si/c1-6-9-12(2)13(15)17-14(18(3,4)5)10-7-8-11-16-14/h9H,6-8,10-11H2,1-5H3. The molecule has 1 atom stereocenters. The van der Waals surface area contributed by atoms with Crippen molar-refractivity contribution in [2.45, 2.75) is 64.6 Å². The van der Waals surface area contributed by atoms with Crippen LogP contribution in [0.1, 0.15) is 39.5 Å². The quantitative estimate of drug-likeness (QED) is 0.444. The largest absolute Gasteiger partial charge is 0.434 e. The number of ether oxygens (including phenoxy) is 2. The van der Waals surface area contributed by atoms with Gasteiger partial charge in [0.05, 0.1) is 6.61 Å². The highest BCUT2D eigenvalue weighted by atomic mass is 28.3. The number of allylic oxidation sites excluding steroid dienone is 1. The SMILES string of the molecule is CCC=C(C)C(=O)OC1([Si](C)(C)C)CCCCO1. The summed E-state index contributed by atoms with van der Waals surface area (Å²) in [6, 6.07) is 0. The fourth-order valence-corrected chi connectivity index (χ4v) is 4.07. The molecule has 1 aliphatic rings. The third kappa shape index (κ3) is 3.45. The predicted molar refractivity (Wildman–Crippen MR) is 76.0 cm³/mol. The van der Waals surface area contributed by atoms with Crippen molar-refractivity contribution < 1.29 is 14.3 Å². The van der Waals surface area contributed by atoms with Gasteiger partial charge in [0.2, 0.25) is 0 Å². The summed E-state index contributed by atoms with van der Waals surface area (Å²) < 4.78 is 11.7. The third-order valence-electron chi connectivity index (χ3n) is 3.47. The molecule has 3 nitrogen and oxygen atoms in total. The van der Waals surface area contributed by atoms with Crippen LogP contribution in [-0.4, -0.2) is 26.1 Å². The van der Waals surface area contributed by atoms with Crippen molar-refractivity contribution >= 4 is 14.0 Å². The molecule has 1 rings (SSSR count). The van der Waals surface area contributed by atoms with Gasteiger partial charge >= 0.3 is 5.97 Å². The van der Waals surface area contributed by atoms with Gasteiger partial charge in [0, 0.05) is 12.0 Å². The van der Waals surface area contributed by atoms with E-state index in [2.05, 4.69) is 19.6 Å². The van der Waals surface area contributed by atoms with Gasteiger partial charge in [-0.25, -0.2) is 4.79 Å². The number of hydrogen-bond acceptors (Lipinski definition) is 3. The summed E-state index contributed by atoms with van der Waals surface area (Å²) in [5.74, 6) is -0.221. The van der Waals surface area contributed by atoms with Crippen LogP contribution in [0, 0.1) is 0 Å². The minimum atomic E-state index is -1.73. The Morgan fingerprint density at radius 2 is 2.06 bits per heavy atom. The highest BCUT2D eigenvalue weighted by Crippen LogP contribution is 2.35. The van der Waals surface area contributed by atoms with Crippen LogP contribution in [0.15, 0.2) is 11.6 Å². The summed E-state index contributed by atoms with van der Waals surface area (Å²) in [6.07, 6.45) is 5.74. The lowest BCUT2D eigenvalue weighted by Gasteiger charge is -2.44. The molecule has 0 bridgehead atoms. The maximum Gasteiger partial charge on any atom is 0.335 e. The van der Waals surface area contributed by atoms with E-state index in [0.717, 1.165) is 25.7 Å². The molecule has 1 heterocycles. The first-order chi connectivity index (χ1) is 8.32. The maximum absolute atomic E-state index is 12.1. The van der Waals surface area contributed by atoms with Gasteiger partial charge in [0.25, 0.3) is 0 Å². The highest BCUT2D eigenvalue weighted by molar-refractivity contribution is 6.78. The third-order valence-corrected chi connectivity index (χ3v) is 6.25. The minimum absolute atomic E-state index is 0.221. The molecule has 1 saturated heterocycles. The summed E-state index contributed by atoms with van der Waals surface area (Å²) in [5, 5.41) is 0. The van der Waals surface area contributed by atoms with Gasteiger partial charge in [-0.3, -0.25) is 0 Å². The topological polar surface area (TPSA) is 35.5 Å². The normalized spacial score (nSPS) is 25.9. The Morgan fingerprint density at radius 1 is 1.39 bits per heavy atom. The molecule has 0 N–H and O–H groups in total. The van der Waals surface area contributed by atoms with Crippen molar-refractivity contribution in [3.8, 4) is 0 Å². The van der Waals surface area contributed by atoms with Crippen LogP contribution in [0.4, 0.5) is 0 Å². The lowest BCUT2D eigenvalue weighted by atomic mass is 10.2. The smallest absolute Gasteiger partial charge is 0.335 e. The number of carbonyl (C=O) groups excluding carboxylic acids is 1. The van der Waals surface area contributed by atoms with E-state index in [1.165, 1.54) is 0 Å². The average Bonchev–Trinajstić information content (AvgIpc) is 2.29. The fraction of sp³-hybridized carbons (Fsp3) is 0.786. The van der Waals surface area contributed by atoms with E-state index in [4.69, 9.17) is 9.47 Å². The molecule has 0 spiro atoms. The van der Waals surface area contributed by atoms with E-state index in [9.17, 15) is 4.79 Å². The van der Waals surface area contributed by atoms with E-state index in [1.807, 2.05) is 19.9 Å². The number of hydrogen-bond donors (Lipinski definition) is 0. The van der Waals surface area contributed by atoms with Crippen LogP contribution in [0.5, 0.6) is 0 Å². The first-order valence-electron chi connectivity index (χ1n) is 6.86. The Morgan fingerprint density at radius 3 is 2.50 bits per heavy atom. The molecule has 0 amide bonds. The molecule has 0 aromatic carbocycles. The monoisotopic (exact) mass is 270 g/mol. The summed E-state index contributed by atoms with van der Waals surface area (Å²) in [7, 11) is -1.73. The zero-order chi connectivity index (χ0) is 13.8. The highest BCUT2D eigenvalue weighted by Gasteiger charge is 2.49. The van der Waals surface area contributed by atoms with Crippen LogP contribution in [-0.2, 0) is 14.3 Å². The molecule has 1 aliphatic heterocycles. The molecule has 0 aromatic rings. The Labute approximate surface area is 112 Å². The Balaban J connectivity index is 2.86. The second-order valence-electron chi connectivity index (χ2n) is 5.99. The minimum Gasteiger partial charge on any atom is -0.434 e. The second-order valence-corrected chi connectivity index (χ2v) is 11.3.